The third-order valence-corrected chi connectivity index (χ3v) is 6.71. The fraction of sp³-hybridized carbons (Fsp3) is 0.350. The van der Waals surface area contributed by atoms with Gasteiger partial charge in [-0.05, 0) is 43.3 Å². The summed E-state index contributed by atoms with van der Waals surface area (Å²) in [5.41, 5.74) is 0.157. The molecule has 10 heteroatoms. The maximum absolute atomic E-state index is 12.7. The number of piperazine rings is 1. The van der Waals surface area contributed by atoms with E-state index in [0.29, 0.717) is 0 Å². The molecule has 0 N–H and O–H groups in total. The van der Waals surface area contributed by atoms with Crippen LogP contribution >= 0.6 is 0 Å². The molecule has 6 nitrogen and oxygen atoms in total. The highest BCUT2D eigenvalue weighted by Gasteiger charge is 2.31. The SMILES string of the molecule is Cc1ccc(S(=O)(=O)N2CCN(C(=O)COc3ccc(C(F)(F)F)cc3)CC2)cc1. The summed E-state index contributed by atoms with van der Waals surface area (Å²) in [4.78, 5) is 14.0. The smallest absolute Gasteiger partial charge is 0.416 e. The Hall–Kier alpha value is -2.59. The lowest BCUT2D eigenvalue weighted by Gasteiger charge is -2.34. The standard InChI is InChI=1S/C20H21F3N2O4S/c1-15-2-8-18(9-3-15)30(27,28)25-12-10-24(11-13-25)19(26)14-29-17-6-4-16(5-7-17)20(21,22)23/h2-9H,10-14H2,1H3. The number of rotatable bonds is 5. The predicted molar refractivity (Wildman–Crippen MR) is 103 cm³/mol. The summed E-state index contributed by atoms with van der Waals surface area (Å²) in [5.74, 6) is -0.209. The number of hydrogen-bond acceptors (Lipinski definition) is 4. The van der Waals surface area contributed by atoms with Crippen LogP contribution in [0, 0.1) is 6.92 Å². The van der Waals surface area contributed by atoms with E-state index >= 15 is 0 Å². The topological polar surface area (TPSA) is 66.9 Å². The molecule has 30 heavy (non-hydrogen) atoms. The van der Waals surface area contributed by atoms with Crippen molar-refractivity contribution in [2.75, 3.05) is 32.8 Å². The van der Waals surface area contributed by atoms with Gasteiger partial charge in [-0.3, -0.25) is 4.79 Å². The average molecular weight is 442 g/mol. The van der Waals surface area contributed by atoms with Crippen LogP contribution < -0.4 is 4.74 Å². The number of alkyl halides is 3. The van der Waals surface area contributed by atoms with Gasteiger partial charge in [0.2, 0.25) is 10.0 Å². The molecule has 1 aliphatic rings. The number of nitrogens with zero attached hydrogens (tertiary/aromatic N) is 2. The number of ether oxygens (including phenoxy) is 1. The molecule has 1 aliphatic heterocycles. The first-order chi connectivity index (χ1) is 14.1. The van der Waals surface area contributed by atoms with Gasteiger partial charge in [-0.15, -0.1) is 0 Å². The first kappa shape index (κ1) is 22.1. The summed E-state index contributed by atoms with van der Waals surface area (Å²) < 4.78 is 69.7. The van der Waals surface area contributed by atoms with Gasteiger partial charge in [-0.2, -0.15) is 17.5 Å². The van der Waals surface area contributed by atoms with Crippen LogP contribution in [0.1, 0.15) is 11.1 Å². The van der Waals surface area contributed by atoms with Gasteiger partial charge in [0.1, 0.15) is 5.75 Å². The molecule has 0 unspecified atom stereocenters. The largest absolute Gasteiger partial charge is 0.484 e. The number of halogens is 3. The fourth-order valence-corrected chi connectivity index (χ4v) is 4.44. The molecule has 1 fully saturated rings. The Morgan fingerprint density at radius 1 is 0.967 bits per heavy atom. The van der Waals surface area contributed by atoms with Gasteiger partial charge in [-0.1, -0.05) is 17.7 Å². The Morgan fingerprint density at radius 2 is 1.53 bits per heavy atom. The molecule has 2 aromatic rings. The Balaban J connectivity index is 1.52. The maximum atomic E-state index is 12.7. The number of sulfonamides is 1. The summed E-state index contributed by atoms with van der Waals surface area (Å²) in [7, 11) is -3.63. The number of benzene rings is 2. The first-order valence-electron chi connectivity index (χ1n) is 9.22. The number of carbonyl (C=O) groups excluding carboxylic acids is 1. The number of aryl methyl sites for hydroxylation is 1. The van der Waals surface area contributed by atoms with Crippen LogP contribution in [0.25, 0.3) is 0 Å². The van der Waals surface area contributed by atoms with Crippen molar-refractivity contribution in [3.8, 4) is 5.75 Å². The van der Waals surface area contributed by atoms with Gasteiger partial charge < -0.3 is 9.64 Å². The molecular weight excluding hydrogens is 421 g/mol. The van der Waals surface area contributed by atoms with E-state index in [1.165, 1.54) is 9.21 Å². The van der Waals surface area contributed by atoms with E-state index in [0.717, 1.165) is 29.8 Å². The Morgan fingerprint density at radius 3 is 2.07 bits per heavy atom. The van der Waals surface area contributed by atoms with E-state index < -0.39 is 21.8 Å². The molecular formula is C20H21F3N2O4S. The van der Waals surface area contributed by atoms with E-state index in [-0.39, 0.29) is 49.3 Å². The molecule has 0 bridgehead atoms. The van der Waals surface area contributed by atoms with Crippen molar-refractivity contribution in [1.82, 2.24) is 9.21 Å². The lowest BCUT2D eigenvalue weighted by atomic mass is 10.2. The van der Waals surface area contributed by atoms with E-state index in [1.54, 1.807) is 24.3 Å². The summed E-state index contributed by atoms with van der Waals surface area (Å²) in [6.45, 7) is 2.26. The van der Waals surface area contributed by atoms with Gasteiger partial charge in [0, 0.05) is 26.2 Å². The molecule has 0 saturated carbocycles. The van der Waals surface area contributed by atoms with Crippen molar-refractivity contribution in [3.63, 3.8) is 0 Å². The molecule has 2 aromatic carbocycles. The molecule has 3 rings (SSSR count). The van der Waals surface area contributed by atoms with E-state index in [9.17, 15) is 26.4 Å². The second-order valence-electron chi connectivity index (χ2n) is 6.91. The Labute approximate surface area is 172 Å². The minimum atomic E-state index is -4.44. The fourth-order valence-electron chi connectivity index (χ4n) is 3.01. The molecule has 0 radical (unpaired) electrons. The van der Waals surface area contributed by atoms with Crippen molar-refractivity contribution < 1.29 is 31.1 Å². The van der Waals surface area contributed by atoms with Crippen molar-refractivity contribution >= 4 is 15.9 Å². The highest BCUT2D eigenvalue weighted by molar-refractivity contribution is 7.89. The van der Waals surface area contributed by atoms with Crippen LogP contribution in [-0.2, 0) is 21.0 Å². The number of amides is 1. The van der Waals surface area contributed by atoms with Crippen molar-refractivity contribution in [3.05, 3.63) is 59.7 Å². The molecule has 1 heterocycles. The third-order valence-electron chi connectivity index (χ3n) is 4.79. The Kier molecular flexibility index (Phi) is 6.37. The molecule has 1 amide bonds. The lowest BCUT2D eigenvalue weighted by Crippen LogP contribution is -2.51. The van der Waals surface area contributed by atoms with Crippen LogP contribution in [0.2, 0.25) is 0 Å². The summed E-state index contributed by atoms with van der Waals surface area (Å²) in [5, 5.41) is 0. The monoisotopic (exact) mass is 442 g/mol. The van der Waals surface area contributed by atoms with Gasteiger partial charge in [0.15, 0.2) is 6.61 Å². The number of hydrogen-bond donors (Lipinski definition) is 0. The predicted octanol–water partition coefficient (Wildman–Crippen LogP) is 2.93. The van der Waals surface area contributed by atoms with Gasteiger partial charge in [0.05, 0.1) is 10.5 Å². The molecule has 0 aliphatic carbocycles. The van der Waals surface area contributed by atoms with Gasteiger partial charge in [0.25, 0.3) is 5.91 Å². The van der Waals surface area contributed by atoms with E-state index in [4.69, 9.17) is 4.74 Å². The lowest BCUT2D eigenvalue weighted by molar-refractivity contribution is -0.138. The minimum Gasteiger partial charge on any atom is -0.484 e. The highest BCUT2D eigenvalue weighted by Crippen LogP contribution is 2.30. The van der Waals surface area contributed by atoms with Crippen LogP contribution in [0.5, 0.6) is 5.75 Å². The normalized spacial score (nSPS) is 15.8. The van der Waals surface area contributed by atoms with Crippen molar-refractivity contribution in [2.24, 2.45) is 0 Å². The zero-order valence-corrected chi connectivity index (χ0v) is 17.0. The molecule has 1 saturated heterocycles. The van der Waals surface area contributed by atoms with Crippen molar-refractivity contribution in [2.45, 2.75) is 18.0 Å². The molecule has 162 valence electrons. The molecule has 0 atom stereocenters. The van der Waals surface area contributed by atoms with Crippen LogP contribution in [-0.4, -0.2) is 56.3 Å². The minimum absolute atomic E-state index is 0.150. The zero-order valence-electron chi connectivity index (χ0n) is 16.2. The third kappa shape index (κ3) is 5.11. The summed E-state index contributed by atoms with van der Waals surface area (Å²) >= 11 is 0. The first-order valence-corrected chi connectivity index (χ1v) is 10.7. The highest BCUT2D eigenvalue weighted by atomic mass is 32.2. The van der Waals surface area contributed by atoms with Crippen LogP contribution in [0.3, 0.4) is 0 Å². The summed E-state index contributed by atoms with van der Waals surface area (Å²) in [6.07, 6.45) is -4.44. The van der Waals surface area contributed by atoms with E-state index in [1.807, 2.05) is 6.92 Å². The van der Waals surface area contributed by atoms with Gasteiger partial charge in [-0.25, -0.2) is 8.42 Å². The summed E-state index contributed by atoms with van der Waals surface area (Å²) in [6, 6.07) is 10.6. The Bertz CT molecular complexity index is 982. The molecule has 0 aromatic heterocycles. The van der Waals surface area contributed by atoms with Crippen LogP contribution in [0.15, 0.2) is 53.4 Å². The number of carbonyl (C=O) groups is 1. The average Bonchev–Trinajstić information content (AvgIpc) is 2.72. The van der Waals surface area contributed by atoms with Crippen molar-refractivity contribution in [1.29, 1.82) is 0 Å². The van der Waals surface area contributed by atoms with Crippen LogP contribution in [0.4, 0.5) is 13.2 Å². The molecule has 0 spiro atoms. The van der Waals surface area contributed by atoms with E-state index in [2.05, 4.69) is 0 Å². The zero-order chi connectivity index (χ0) is 21.9. The van der Waals surface area contributed by atoms with Gasteiger partial charge >= 0.3 is 6.18 Å². The second-order valence-corrected chi connectivity index (χ2v) is 8.85. The second kappa shape index (κ2) is 8.65. The maximum Gasteiger partial charge on any atom is 0.416 e. The quantitative estimate of drug-likeness (QED) is 0.714.